The van der Waals surface area contributed by atoms with Crippen LogP contribution in [0.15, 0.2) is 18.2 Å². The number of carbonyl (C=O) groups is 3. The van der Waals surface area contributed by atoms with Crippen molar-refractivity contribution in [1.82, 2.24) is 5.32 Å². The van der Waals surface area contributed by atoms with Gasteiger partial charge in [0.1, 0.15) is 0 Å². The molecule has 1 aliphatic carbocycles. The second-order valence-corrected chi connectivity index (χ2v) is 7.38. The number of piperidine rings is 1. The van der Waals surface area contributed by atoms with E-state index in [1.54, 1.807) is 0 Å². The van der Waals surface area contributed by atoms with Gasteiger partial charge in [0, 0.05) is 42.9 Å². The van der Waals surface area contributed by atoms with Gasteiger partial charge in [0.05, 0.1) is 0 Å². The number of amides is 2. The Hall–Kier alpha value is -2.45. The molecular formula is C22H25NO4. The zero-order valence-corrected chi connectivity index (χ0v) is 15.4. The van der Waals surface area contributed by atoms with E-state index in [4.69, 9.17) is 5.11 Å². The molecular weight excluding hydrogens is 342 g/mol. The van der Waals surface area contributed by atoms with Crippen LogP contribution in [0.5, 0.6) is 0 Å². The largest absolute Gasteiger partial charge is 0.396 e. The summed E-state index contributed by atoms with van der Waals surface area (Å²) in [5.74, 6) is 6.07. The predicted octanol–water partition coefficient (Wildman–Crippen LogP) is 2.39. The van der Waals surface area contributed by atoms with Crippen LogP contribution in [0.4, 0.5) is 0 Å². The lowest BCUT2D eigenvalue weighted by molar-refractivity contribution is -0.136. The number of nitrogens with one attached hydrogen (secondary N) is 1. The van der Waals surface area contributed by atoms with Crippen molar-refractivity contribution in [2.24, 2.45) is 11.8 Å². The van der Waals surface area contributed by atoms with Gasteiger partial charge in [0.15, 0.2) is 5.78 Å². The maximum atomic E-state index is 12.6. The Bertz CT molecular complexity index is 802. The third kappa shape index (κ3) is 4.84. The summed E-state index contributed by atoms with van der Waals surface area (Å²) in [7, 11) is 0. The van der Waals surface area contributed by atoms with Crippen molar-refractivity contribution in [3.63, 3.8) is 0 Å². The highest BCUT2D eigenvalue weighted by atomic mass is 16.3. The van der Waals surface area contributed by atoms with Crippen LogP contribution in [0.3, 0.4) is 0 Å². The van der Waals surface area contributed by atoms with Crippen LogP contribution in [0.1, 0.15) is 66.4 Å². The lowest BCUT2D eigenvalue weighted by Crippen LogP contribution is -2.40. The summed E-state index contributed by atoms with van der Waals surface area (Å²) < 4.78 is 0. The first-order chi connectivity index (χ1) is 13.1. The van der Waals surface area contributed by atoms with E-state index in [0.717, 1.165) is 29.5 Å². The molecule has 0 bridgehead atoms. The van der Waals surface area contributed by atoms with Gasteiger partial charge in [-0.25, -0.2) is 0 Å². The average Bonchev–Trinajstić information content (AvgIpc) is 2.65. The molecule has 27 heavy (non-hydrogen) atoms. The van der Waals surface area contributed by atoms with Crippen LogP contribution in [0.25, 0.3) is 0 Å². The number of Topliss-reactive ketones (excluding diaryl/α,β-unsaturated/α-hetero) is 1. The molecule has 1 heterocycles. The van der Waals surface area contributed by atoms with Gasteiger partial charge >= 0.3 is 0 Å². The van der Waals surface area contributed by atoms with Gasteiger partial charge in [-0.3, -0.25) is 19.7 Å². The number of aliphatic hydroxyl groups excluding tert-OH is 1. The van der Waals surface area contributed by atoms with Crippen molar-refractivity contribution in [3.05, 3.63) is 34.9 Å². The zero-order chi connectivity index (χ0) is 19.2. The monoisotopic (exact) mass is 367 g/mol. The number of carbonyl (C=O) groups excluding carboxylic acids is 3. The molecule has 1 aliphatic heterocycles. The molecule has 2 amide bonds. The van der Waals surface area contributed by atoms with Crippen molar-refractivity contribution in [3.8, 4) is 11.8 Å². The normalized spacial score (nSPS) is 21.9. The van der Waals surface area contributed by atoms with E-state index in [0.29, 0.717) is 38.5 Å². The second kappa shape index (κ2) is 8.96. The third-order valence-corrected chi connectivity index (χ3v) is 5.40. The SMILES string of the molecule is O=C1CCC(CCC2CC(=O)c3cccc(C#CCCCO)c3C2)C(=O)N1. The molecule has 2 atom stereocenters. The minimum Gasteiger partial charge on any atom is -0.396 e. The van der Waals surface area contributed by atoms with Crippen molar-refractivity contribution >= 4 is 17.6 Å². The third-order valence-electron chi connectivity index (χ3n) is 5.40. The molecule has 0 aromatic heterocycles. The van der Waals surface area contributed by atoms with Crippen molar-refractivity contribution in [2.45, 2.75) is 51.4 Å². The van der Waals surface area contributed by atoms with E-state index < -0.39 is 0 Å². The molecule has 1 aromatic rings. The average molecular weight is 367 g/mol. The number of rotatable bonds is 5. The lowest BCUT2D eigenvalue weighted by Gasteiger charge is -2.27. The number of imide groups is 1. The van der Waals surface area contributed by atoms with E-state index in [1.165, 1.54) is 0 Å². The molecule has 5 nitrogen and oxygen atoms in total. The molecule has 1 aromatic carbocycles. The van der Waals surface area contributed by atoms with Crippen molar-refractivity contribution in [1.29, 1.82) is 0 Å². The summed E-state index contributed by atoms with van der Waals surface area (Å²) >= 11 is 0. The van der Waals surface area contributed by atoms with E-state index in [-0.39, 0.29) is 36.0 Å². The minimum absolute atomic E-state index is 0.127. The van der Waals surface area contributed by atoms with Gasteiger partial charge in [-0.2, -0.15) is 0 Å². The van der Waals surface area contributed by atoms with Crippen molar-refractivity contribution < 1.29 is 19.5 Å². The van der Waals surface area contributed by atoms with E-state index >= 15 is 0 Å². The fraction of sp³-hybridized carbons (Fsp3) is 0.500. The summed E-state index contributed by atoms with van der Waals surface area (Å²) in [6.07, 6.45) is 5.07. The Balaban J connectivity index is 1.67. The van der Waals surface area contributed by atoms with E-state index in [2.05, 4.69) is 17.2 Å². The number of benzene rings is 1. The maximum Gasteiger partial charge on any atom is 0.229 e. The first kappa shape index (κ1) is 19.3. The summed E-state index contributed by atoms with van der Waals surface area (Å²) in [5.41, 5.74) is 2.67. The quantitative estimate of drug-likeness (QED) is 0.475. The van der Waals surface area contributed by atoms with Crippen LogP contribution >= 0.6 is 0 Å². The minimum atomic E-state index is -0.192. The molecule has 2 unspecified atom stereocenters. The molecule has 5 heteroatoms. The lowest BCUT2D eigenvalue weighted by atomic mass is 9.77. The van der Waals surface area contributed by atoms with Crippen LogP contribution in [0.2, 0.25) is 0 Å². The summed E-state index contributed by atoms with van der Waals surface area (Å²) in [5, 5.41) is 11.3. The van der Waals surface area contributed by atoms with Gasteiger partial charge in [0.2, 0.25) is 11.8 Å². The Kier molecular flexibility index (Phi) is 6.41. The standard InChI is InChI=1S/C22H25NO4/c24-12-3-1-2-5-16-6-4-7-18-19(16)13-15(14-20(18)25)8-9-17-10-11-21(26)23-22(17)27/h4,6-7,15,17,24H,1,3,8-14H2,(H,23,26,27). The first-order valence-corrected chi connectivity index (χ1v) is 9.67. The van der Waals surface area contributed by atoms with Gasteiger partial charge in [-0.05, 0) is 49.7 Å². The van der Waals surface area contributed by atoms with Crippen LogP contribution in [-0.4, -0.2) is 29.3 Å². The molecule has 1 saturated heterocycles. The number of unbranched alkanes of at least 4 members (excludes halogenated alkanes) is 1. The maximum absolute atomic E-state index is 12.6. The van der Waals surface area contributed by atoms with Gasteiger partial charge < -0.3 is 5.11 Å². The number of hydrogen-bond acceptors (Lipinski definition) is 4. The summed E-state index contributed by atoms with van der Waals surface area (Å²) in [6, 6.07) is 5.68. The predicted molar refractivity (Wildman–Crippen MR) is 101 cm³/mol. The number of ketones is 1. The van der Waals surface area contributed by atoms with Gasteiger partial charge in [-0.1, -0.05) is 24.0 Å². The molecule has 2 N–H and O–H groups in total. The number of hydrogen-bond donors (Lipinski definition) is 2. The molecule has 1 fully saturated rings. The molecule has 0 saturated carbocycles. The van der Waals surface area contributed by atoms with Crippen LogP contribution in [-0.2, 0) is 16.0 Å². The number of aliphatic hydroxyl groups is 1. The first-order valence-electron chi connectivity index (χ1n) is 9.67. The van der Waals surface area contributed by atoms with Gasteiger partial charge in [0.25, 0.3) is 0 Å². The number of fused-ring (bicyclic) bond motifs is 1. The smallest absolute Gasteiger partial charge is 0.229 e. The Morgan fingerprint density at radius 2 is 2.00 bits per heavy atom. The Morgan fingerprint density at radius 1 is 1.15 bits per heavy atom. The van der Waals surface area contributed by atoms with E-state index in [1.807, 2.05) is 18.2 Å². The van der Waals surface area contributed by atoms with E-state index in [9.17, 15) is 14.4 Å². The summed E-state index contributed by atoms with van der Waals surface area (Å²) in [6.45, 7) is 0.127. The Morgan fingerprint density at radius 3 is 2.78 bits per heavy atom. The highest BCUT2D eigenvalue weighted by Gasteiger charge is 2.30. The molecule has 142 valence electrons. The highest BCUT2D eigenvalue weighted by molar-refractivity contribution is 5.99. The van der Waals surface area contributed by atoms with Crippen LogP contribution in [0, 0.1) is 23.7 Å². The Labute approximate surface area is 159 Å². The second-order valence-electron chi connectivity index (χ2n) is 7.38. The molecule has 0 spiro atoms. The summed E-state index contributed by atoms with van der Waals surface area (Å²) in [4.78, 5) is 35.8. The fourth-order valence-electron chi connectivity index (χ4n) is 3.90. The van der Waals surface area contributed by atoms with Crippen molar-refractivity contribution in [2.75, 3.05) is 6.61 Å². The van der Waals surface area contributed by atoms with Crippen LogP contribution < -0.4 is 5.32 Å². The molecule has 3 rings (SSSR count). The molecule has 2 aliphatic rings. The zero-order valence-electron chi connectivity index (χ0n) is 15.4. The topological polar surface area (TPSA) is 83.5 Å². The van der Waals surface area contributed by atoms with Gasteiger partial charge in [-0.15, -0.1) is 0 Å². The highest BCUT2D eigenvalue weighted by Crippen LogP contribution is 2.32. The fourth-order valence-corrected chi connectivity index (χ4v) is 3.90. The molecule has 0 radical (unpaired) electrons.